The van der Waals surface area contributed by atoms with Crippen molar-refractivity contribution in [2.45, 2.75) is 13.2 Å². The SMILES string of the molecule is CCOC=C1N=C(c2ccccc2)OC1O. The van der Waals surface area contributed by atoms with Gasteiger partial charge in [0.15, 0.2) is 0 Å². The van der Waals surface area contributed by atoms with Crippen molar-refractivity contribution in [1.82, 2.24) is 0 Å². The number of hydrogen-bond acceptors (Lipinski definition) is 4. The molecule has 0 saturated heterocycles. The van der Waals surface area contributed by atoms with Crippen molar-refractivity contribution in [2.24, 2.45) is 4.99 Å². The van der Waals surface area contributed by atoms with Gasteiger partial charge in [0.1, 0.15) is 12.0 Å². The number of rotatable bonds is 3. The molecule has 1 aliphatic heterocycles. The Morgan fingerprint density at radius 3 is 2.88 bits per heavy atom. The van der Waals surface area contributed by atoms with Crippen LogP contribution in [0.3, 0.4) is 0 Å². The number of aliphatic imine (C=N–C) groups is 1. The van der Waals surface area contributed by atoms with Crippen molar-refractivity contribution in [3.8, 4) is 0 Å². The summed E-state index contributed by atoms with van der Waals surface area (Å²) in [6.07, 6.45) is 0.377. The highest BCUT2D eigenvalue weighted by molar-refractivity contribution is 5.96. The van der Waals surface area contributed by atoms with E-state index in [2.05, 4.69) is 4.99 Å². The van der Waals surface area contributed by atoms with E-state index in [1.807, 2.05) is 37.3 Å². The third kappa shape index (κ3) is 2.23. The van der Waals surface area contributed by atoms with Gasteiger partial charge in [-0.2, -0.15) is 0 Å². The first-order valence-electron chi connectivity index (χ1n) is 5.11. The second kappa shape index (κ2) is 4.81. The third-order valence-electron chi connectivity index (χ3n) is 2.10. The largest absolute Gasteiger partial charge is 0.499 e. The zero-order valence-electron chi connectivity index (χ0n) is 8.96. The lowest BCUT2D eigenvalue weighted by Crippen LogP contribution is -2.11. The van der Waals surface area contributed by atoms with E-state index >= 15 is 0 Å². The lowest BCUT2D eigenvalue weighted by molar-refractivity contribution is 0.0145. The molecular weight excluding hydrogens is 206 g/mol. The summed E-state index contributed by atoms with van der Waals surface area (Å²) in [6.45, 7) is 2.40. The van der Waals surface area contributed by atoms with Crippen LogP contribution >= 0.6 is 0 Å². The third-order valence-corrected chi connectivity index (χ3v) is 2.10. The maximum atomic E-state index is 9.56. The average molecular weight is 219 g/mol. The minimum atomic E-state index is -1.04. The lowest BCUT2D eigenvalue weighted by atomic mass is 10.2. The molecule has 1 aromatic carbocycles. The van der Waals surface area contributed by atoms with Crippen LogP contribution < -0.4 is 0 Å². The maximum absolute atomic E-state index is 9.56. The molecule has 0 fully saturated rings. The summed E-state index contributed by atoms with van der Waals surface area (Å²) >= 11 is 0. The fourth-order valence-corrected chi connectivity index (χ4v) is 1.33. The van der Waals surface area contributed by atoms with Crippen molar-refractivity contribution in [3.05, 3.63) is 47.9 Å². The quantitative estimate of drug-likeness (QED) is 0.786. The predicted octanol–water partition coefficient (Wildman–Crippen LogP) is 1.66. The van der Waals surface area contributed by atoms with Crippen molar-refractivity contribution in [2.75, 3.05) is 6.61 Å². The van der Waals surface area contributed by atoms with Gasteiger partial charge in [-0.25, -0.2) is 4.99 Å². The molecule has 4 nitrogen and oxygen atoms in total. The number of ether oxygens (including phenoxy) is 2. The van der Waals surface area contributed by atoms with E-state index in [9.17, 15) is 5.11 Å². The predicted molar refractivity (Wildman–Crippen MR) is 59.8 cm³/mol. The van der Waals surface area contributed by atoms with Crippen LogP contribution in [0.5, 0.6) is 0 Å². The summed E-state index contributed by atoms with van der Waals surface area (Å²) in [7, 11) is 0. The molecule has 0 radical (unpaired) electrons. The second-order valence-electron chi connectivity index (χ2n) is 3.25. The minimum absolute atomic E-state index is 0.390. The Hall–Kier alpha value is -1.81. The topological polar surface area (TPSA) is 51.0 Å². The van der Waals surface area contributed by atoms with Crippen LogP contribution in [0.15, 0.2) is 47.3 Å². The van der Waals surface area contributed by atoms with Crippen molar-refractivity contribution < 1.29 is 14.6 Å². The Balaban J connectivity index is 2.20. The molecule has 1 unspecified atom stereocenters. The smallest absolute Gasteiger partial charge is 0.246 e. The van der Waals surface area contributed by atoms with Gasteiger partial charge in [-0.3, -0.25) is 0 Å². The number of aliphatic hydroxyl groups excluding tert-OH is 1. The fraction of sp³-hybridized carbons (Fsp3) is 0.250. The normalized spacial score (nSPS) is 21.8. The van der Waals surface area contributed by atoms with E-state index in [1.54, 1.807) is 0 Å². The molecule has 0 aromatic heterocycles. The zero-order valence-corrected chi connectivity index (χ0v) is 8.96. The molecule has 1 heterocycles. The summed E-state index contributed by atoms with van der Waals surface area (Å²) in [5, 5.41) is 9.56. The lowest BCUT2D eigenvalue weighted by Gasteiger charge is -2.04. The zero-order chi connectivity index (χ0) is 11.4. The number of hydrogen-bond donors (Lipinski definition) is 1. The number of nitrogens with zero attached hydrogens (tertiary/aromatic N) is 1. The van der Waals surface area contributed by atoms with E-state index in [-0.39, 0.29) is 0 Å². The number of benzene rings is 1. The Morgan fingerprint density at radius 1 is 1.44 bits per heavy atom. The summed E-state index contributed by atoms with van der Waals surface area (Å²) < 4.78 is 10.3. The molecular formula is C12H13NO3. The van der Waals surface area contributed by atoms with Gasteiger partial charge in [-0.15, -0.1) is 0 Å². The van der Waals surface area contributed by atoms with Gasteiger partial charge >= 0.3 is 0 Å². The second-order valence-corrected chi connectivity index (χ2v) is 3.25. The molecule has 1 atom stereocenters. The highest BCUT2D eigenvalue weighted by Crippen LogP contribution is 2.19. The van der Waals surface area contributed by atoms with Crippen molar-refractivity contribution >= 4 is 5.90 Å². The molecule has 4 heteroatoms. The van der Waals surface area contributed by atoms with Crippen molar-refractivity contribution in [3.63, 3.8) is 0 Å². The van der Waals surface area contributed by atoms with Crippen LogP contribution in [0.2, 0.25) is 0 Å². The van der Waals surface area contributed by atoms with Crippen LogP contribution in [-0.4, -0.2) is 23.9 Å². The molecule has 0 saturated carbocycles. The Labute approximate surface area is 93.8 Å². The molecule has 0 aliphatic carbocycles. The van der Waals surface area contributed by atoms with E-state index in [0.29, 0.717) is 18.2 Å². The summed E-state index contributed by atoms with van der Waals surface area (Å²) in [4.78, 5) is 4.16. The molecule has 1 aliphatic rings. The van der Waals surface area contributed by atoms with Gasteiger partial charge in [0.05, 0.1) is 6.61 Å². The van der Waals surface area contributed by atoms with Crippen LogP contribution in [0.25, 0.3) is 0 Å². The molecule has 1 aromatic rings. The molecule has 0 spiro atoms. The van der Waals surface area contributed by atoms with Gasteiger partial charge in [0, 0.05) is 5.56 Å². The standard InChI is InChI=1S/C12H13NO3/c1-2-15-8-10-12(14)16-11(13-10)9-6-4-3-5-7-9/h3-8,12,14H,2H2,1H3. The summed E-state index contributed by atoms with van der Waals surface area (Å²) in [6, 6.07) is 9.42. The number of aliphatic hydroxyl groups is 1. The highest BCUT2D eigenvalue weighted by Gasteiger charge is 2.24. The minimum Gasteiger partial charge on any atom is -0.499 e. The molecule has 1 N–H and O–H groups in total. The highest BCUT2D eigenvalue weighted by atomic mass is 16.6. The fourth-order valence-electron chi connectivity index (χ4n) is 1.33. The summed E-state index contributed by atoms with van der Waals surface area (Å²) in [5.74, 6) is 0.416. The maximum Gasteiger partial charge on any atom is 0.246 e. The first-order valence-corrected chi connectivity index (χ1v) is 5.11. The van der Waals surface area contributed by atoms with Gasteiger partial charge in [-0.05, 0) is 19.1 Å². The first kappa shape index (κ1) is 10.7. The van der Waals surface area contributed by atoms with Gasteiger partial charge in [0.25, 0.3) is 0 Å². The van der Waals surface area contributed by atoms with E-state index in [1.165, 1.54) is 6.26 Å². The van der Waals surface area contributed by atoms with E-state index in [4.69, 9.17) is 9.47 Å². The average Bonchev–Trinajstić information content (AvgIpc) is 2.69. The van der Waals surface area contributed by atoms with Crippen molar-refractivity contribution in [1.29, 1.82) is 0 Å². The Kier molecular flexibility index (Phi) is 3.22. The Bertz CT molecular complexity index is 412. The first-order chi connectivity index (χ1) is 7.81. The monoisotopic (exact) mass is 219 g/mol. The van der Waals surface area contributed by atoms with E-state index < -0.39 is 6.29 Å². The van der Waals surface area contributed by atoms with Crippen LogP contribution in [-0.2, 0) is 9.47 Å². The van der Waals surface area contributed by atoms with Gasteiger partial charge in [0.2, 0.25) is 12.2 Å². The van der Waals surface area contributed by atoms with Gasteiger partial charge in [-0.1, -0.05) is 18.2 Å². The van der Waals surface area contributed by atoms with Crippen LogP contribution in [0.4, 0.5) is 0 Å². The van der Waals surface area contributed by atoms with Crippen LogP contribution in [0, 0.1) is 0 Å². The molecule has 84 valence electrons. The van der Waals surface area contributed by atoms with Gasteiger partial charge < -0.3 is 14.6 Å². The molecule has 0 amide bonds. The molecule has 0 bridgehead atoms. The summed E-state index contributed by atoms with van der Waals surface area (Å²) in [5.41, 5.74) is 1.22. The van der Waals surface area contributed by atoms with E-state index in [0.717, 1.165) is 5.56 Å². The Morgan fingerprint density at radius 2 is 2.19 bits per heavy atom. The van der Waals surface area contributed by atoms with Crippen LogP contribution in [0.1, 0.15) is 12.5 Å². The molecule has 16 heavy (non-hydrogen) atoms. The molecule has 2 rings (SSSR count).